The van der Waals surface area contributed by atoms with Crippen LogP contribution in [0.1, 0.15) is 149 Å². The Balaban J connectivity index is 3.96. The SMILES string of the molecule is CCCCC/C=C\C/C=C\C/C=C\CCCCCCCCC(=O)OC(COC(=O)CCCCCCCC)COP(=O)(O)O. The number of rotatable bonds is 30. The van der Waals surface area contributed by atoms with Crippen molar-refractivity contribution in [2.75, 3.05) is 13.2 Å². The van der Waals surface area contributed by atoms with Crippen molar-refractivity contribution >= 4 is 19.8 Å². The molecule has 0 aromatic rings. The van der Waals surface area contributed by atoms with Gasteiger partial charge in [0.15, 0.2) is 6.10 Å². The third-order valence-electron chi connectivity index (χ3n) is 6.91. The summed E-state index contributed by atoms with van der Waals surface area (Å²) in [5.74, 6) is -0.912. The number of unbranched alkanes of at least 4 members (excludes halogenated alkanes) is 14. The number of hydrogen-bond acceptors (Lipinski definition) is 6. The Morgan fingerprint density at radius 2 is 1.05 bits per heavy atom. The summed E-state index contributed by atoms with van der Waals surface area (Å²) in [4.78, 5) is 42.3. The van der Waals surface area contributed by atoms with E-state index in [1.165, 1.54) is 32.1 Å². The van der Waals surface area contributed by atoms with Crippen molar-refractivity contribution < 1.29 is 37.9 Å². The van der Waals surface area contributed by atoms with Crippen molar-refractivity contribution in [3.63, 3.8) is 0 Å². The molecule has 9 heteroatoms. The predicted molar refractivity (Wildman–Crippen MR) is 175 cm³/mol. The van der Waals surface area contributed by atoms with Crippen LogP contribution in [0.2, 0.25) is 0 Å². The summed E-state index contributed by atoms with van der Waals surface area (Å²) in [5.41, 5.74) is 0. The number of carbonyl (C=O) groups is 2. The first-order chi connectivity index (χ1) is 20.8. The van der Waals surface area contributed by atoms with E-state index in [1.54, 1.807) is 0 Å². The molecule has 0 radical (unpaired) electrons. The summed E-state index contributed by atoms with van der Waals surface area (Å²) < 4.78 is 26.1. The van der Waals surface area contributed by atoms with Gasteiger partial charge >= 0.3 is 19.8 Å². The Morgan fingerprint density at radius 1 is 0.605 bits per heavy atom. The highest BCUT2D eigenvalue weighted by Gasteiger charge is 2.22. The molecule has 0 aliphatic rings. The van der Waals surface area contributed by atoms with Crippen LogP contribution in [0.4, 0.5) is 0 Å². The summed E-state index contributed by atoms with van der Waals surface area (Å²) in [6.45, 7) is 3.54. The fourth-order valence-electron chi connectivity index (χ4n) is 4.38. The maximum Gasteiger partial charge on any atom is 0.469 e. The number of allylic oxidation sites excluding steroid dienone is 6. The molecule has 1 atom stereocenters. The van der Waals surface area contributed by atoms with Gasteiger partial charge in [-0.05, 0) is 51.4 Å². The van der Waals surface area contributed by atoms with Crippen molar-refractivity contribution in [3.8, 4) is 0 Å². The van der Waals surface area contributed by atoms with Crippen molar-refractivity contribution in [2.45, 2.75) is 155 Å². The highest BCUT2D eigenvalue weighted by atomic mass is 31.2. The van der Waals surface area contributed by atoms with Crippen LogP contribution in [0.25, 0.3) is 0 Å². The van der Waals surface area contributed by atoms with E-state index in [0.29, 0.717) is 6.42 Å². The average Bonchev–Trinajstić information content (AvgIpc) is 2.97. The molecule has 0 bridgehead atoms. The molecule has 8 nitrogen and oxygen atoms in total. The van der Waals surface area contributed by atoms with Gasteiger partial charge in [0.05, 0.1) is 6.61 Å². The molecule has 0 fully saturated rings. The summed E-state index contributed by atoms with van der Waals surface area (Å²) in [5, 5.41) is 0. The normalized spacial score (nSPS) is 12.9. The van der Waals surface area contributed by atoms with Gasteiger partial charge in [0.25, 0.3) is 0 Å². The smallest absolute Gasteiger partial charge is 0.462 e. The molecule has 250 valence electrons. The second-order valence-corrected chi connectivity index (χ2v) is 12.4. The molecule has 43 heavy (non-hydrogen) atoms. The van der Waals surface area contributed by atoms with E-state index in [0.717, 1.165) is 83.5 Å². The zero-order chi connectivity index (χ0) is 31.9. The van der Waals surface area contributed by atoms with Crippen LogP contribution in [-0.2, 0) is 28.2 Å². The molecule has 1 unspecified atom stereocenters. The van der Waals surface area contributed by atoms with Gasteiger partial charge < -0.3 is 19.3 Å². The van der Waals surface area contributed by atoms with Crippen LogP contribution >= 0.6 is 7.82 Å². The number of carbonyl (C=O) groups excluding carboxylic acids is 2. The van der Waals surface area contributed by atoms with Crippen molar-refractivity contribution in [1.82, 2.24) is 0 Å². The Kier molecular flexibility index (Phi) is 29.1. The summed E-state index contributed by atoms with van der Waals surface area (Å²) in [7, 11) is -4.74. The van der Waals surface area contributed by atoms with Crippen molar-refractivity contribution in [3.05, 3.63) is 36.5 Å². The van der Waals surface area contributed by atoms with Crippen LogP contribution in [0.5, 0.6) is 0 Å². The maximum atomic E-state index is 12.3. The lowest BCUT2D eigenvalue weighted by molar-refractivity contribution is -0.161. The summed E-state index contributed by atoms with van der Waals surface area (Å²) >= 11 is 0. The molecule has 0 aromatic carbocycles. The van der Waals surface area contributed by atoms with Crippen LogP contribution in [-0.4, -0.2) is 41.0 Å². The van der Waals surface area contributed by atoms with E-state index in [1.807, 2.05) is 0 Å². The van der Waals surface area contributed by atoms with Crippen LogP contribution in [0.3, 0.4) is 0 Å². The van der Waals surface area contributed by atoms with E-state index >= 15 is 0 Å². The van der Waals surface area contributed by atoms with Gasteiger partial charge in [-0.3, -0.25) is 14.1 Å². The molecule has 0 aliphatic heterocycles. The van der Waals surface area contributed by atoms with Gasteiger partial charge in [-0.25, -0.2) is 4.57 Å². The van der Waals surface area contributed by atoms with Gasteiger partial charge in [0.2, 0.25) is 0 Å². The number of ether oxygens (including phenoxy) is 2. The Hall–Kier alpha value is -1.73. The fourth-order valence-corrected chi connectivity index (χ4v) is 4.74. The Labute approximate surface area is 262 Å². The first-order valence-corrected chi connectivity index (χ1v) is 18.3. The Morgan fingerprint density at radius 3 is 1.60 bits per heavy atom. The second kappa shape index (κ2) is 30.3. The van der Waals surface area contributed by atoms with Crippen molar-refractivity contribution in [2.24, 2.45) is 0 Å². The molecule has 0 aromatic heterocycles. The molecule has 0 spiro atoms. The Bertz CT molecular complexity index is 802. The maximum absolute atomic E-state index is 12.3. The molecular weight excluding hydrogens is 567 g/mol. The standard InChI is InChI=1S/C34H61O8P/c1-3-5-7-9-11-12-13-14-15-16-17-18-19-20-21-22-23-25-27-29-34(36)42-32(31-41-43(37,38)39)30-40-33(35)28-26-24-10-8-6-4-2/h11-12,14-15,17-18,32H,3-10,13,16,19-31H2,1-2H3,(H2,37,38,39)/b12-11-,15-14-,18-17-. The minimum atomic E-state index is -4.74. The third-order valence-corrected chi connectivity index (χ3v) is 7.40. The highest BCUT2D eigenvalue weighted by Crippen LogP contribution is 2.35. The monoisotopic (exact) mass is 628 g/mol. The first kappa shape index (κ1) is 41.3. The largest absolute Gasteiger partial charge is 0.469 e. The molecule has 0 rings (SSSR count). The summed E-state index contributed by atoms with van der Waals surface area (Å²) in [6, 6.07) is 0. The van der Waals surface area contributed by atoms with E-state index in [2.05, 4.69) is 54.8 Å². The third kappa shape index (κ3) is 33.0. The molecule has 0 saturated carbocycles. The number of phosphoric acid groups is 1. The zero-order valence-corrected chi connectivity index (χ0v) is 28.0. The van der Waals surface area contributed by atoms with Gasteiger partial charge in [-0.1, -0.05) is 121 Å². The van der Waals surface area contributed by atoms with E-state index < -0.39 is 32.5 Å². The topological polar surface area (TPSA) is 119 Å². The van der Waals surface area contributed by atoms with Crippen LogP contribution < -0.4 is 0 Å². The van der Waals surface area contributed by atoms with E-state index in [-0.39, 0.29) is 19.4 Å². The molecule has 2 N–H and O–H groups in total. The van der Waals surface area contributed by atoms with Gasteiger partial charge in [0, 0.05) is 12.8 Å². The fraction of sp³-hybridized carbons (Fsp3) is 0.765. The summed E-state index contributed by atoms with van der Waals surface area (Å²) in [6.07, 6.45) is 33.2. The second-order valence-electron chi connectivity index (χ2n) is 11.1. The molecule has 0 aliphatic carbocycles. The van der Waals surface area contributed by atoms with E-state index in [9.17, 15) is 14.2 Å². The first-order valence-electron chi connectivity index (χ1n) is 16.8. The lowest BCUT2D eigenvalue weighted by atomic mass is 10.1. The lowest BCUT2D eigenvalue weighted by Crippen LogP contribution is -2.29. The lowest BCUT2D eigenvalue weighted by Gasteiger charge is -2.18. The molecule has 0 saturated heterocycles. The van der Waals surface area contributed by atoms with Gasteiger partial charge in [-0.2, -0.15) is 0 Å². The van der Waals surface area contributed by atoms with Crippen molar-refractivity contribution in [1.29, 1.82) is 0 Å². The minimum absolute atomic E-state index is 0.197. The highest BCUT2D eigenvalue weighted by molar-refractivity contribution is 7.46. The molecule has 0 amide bonds. The quantitative estimate of drug-likeness (QED) is 0.0349. The number of phosphoric ester groups is 1. The molecular formula is C34H61O8P. The zero-order valence-electron chi connectivity index (χ0n) is 27.1. The molecule has 0 heterocycles. The predicted octanol–water partition coefficient (Wildman–Crippen LogP) is 9.45. The van der Waals surface area contributed by atoms with Crippen LogP contribution in [0.15, 0.2) is 36.5 Å². The van der Waals surface area contributed by atoms with E-state index in [4.69, 9.17) is 19.3 Å². The van der Waals surface area contributed by atoms with Gasteiger partial charge in [0.1, 0.15) is 6.61 Å². The average molecular weight is 629 g/mol. The minimum Gasteiger partial charge on any atom is -0.462 e. The van der Waals surface area contributed by atoms with Gasteiger partial charge in [-0.15, -0.1) is 0 Å². The number of hydrogen-bond donors (Lipinski definition) is 2. The van der Waals surface area contributed by atoms with Crippen LogP contribution in [0, 0.1) is 0 Å². The number of esters is 2.